The van der Waals surface area contributed by atoms with Crippen molar-refractivity contribution in [3.05, 3.63) is 23.9 Å². The van der Waals surface area contributed by atoms with Crippen molar-refractivity contribution in [2.75, 3.05) is 56.7 Å². The predicted octanol–water partition coefficient (Wildman–Crippen LogP) is 2.57. The van der Waals surface area contributed by atoms with Gasteiger partial charge in [-0.05, 0) is 25.5 Å². The molecule has 2 N–H and O–H groups in total. The van der Waals surface area contributed by atoms with E-state index >= 15 is 0 Å². The number of hydrogen-bond acceptors (Lipinski definition) is 8. The molecule has 2 saturated heterocycles. The Morgan fingerprint density at radius 1 is 1.23 bits per heavy atom. The average molecular weight is 438 g/mol. The van der Waals surface area contributed by atoms with Gasteiger partial charge in [0.2, 0.25) is 11.8 Å². The smallest absolute Gasteiger partial charge is 0.417 e. The molecule has 1 atom stereocenters. The molecule has 0 amide bonds. The summed E-state index contributed by atoms with van der Waals surface area (Å²) in [7, 11) is 1.52. The second-order valence-electron chi connectivity index (χ2n) is 7.44. The molecule has 8 nitrogen and oxygen atoms in total. The van der Waals surface area contributed by atoms with E-state index in [1.807, 2.05) is 4.90 Å². The van der Waals surface area contributed by atoms with Crippen molar-refractivity contribution in [1.82, 2.24) is 20.3 Å². The molecule has 31 heavy (non-hydrogen) atoms. The van der Waals surface area contributed by atoms with Crippen molar-refractivity contribution in [2.24, 2.45) is 0 Å². The molecular weight excluding hydrogens is 413 g/mol. The maximum absolute atomic E-state index is 13.8. The third kappa shape index (κ3) is 5.16. The van der Waals surface area contributed by atoms with Crippen LogP contribution in [0.2, 0.25) is 0 Å². The van der Waals surface area contributed by atoms with Crippen LogP contribution >= 0.6 is 0 Å². The number of anilines is 2. The number of aromatic nitrogens is 3. The van der Waals surface area contributed by atoms with E-state index in [1.165, 1.54) is 19.3 Å². The summed E-state index contributed by atoms with van der Waals surface area (Å²) >= 11 is 0. The van der Waals surface area contributed by atoms with Crippen LogP contribution in [0.15, 0.2) is 18.3 Å². The summed E-state index contributed by atoms with van der Waals surface area (Å²) in [5.41, 5.74) is -0.809. The highest BCUT2D eigenvalue weighted by Gasteiger charge is 2.35. The lowest BCUT2D eigenvalue weighted by Crippen LogP contribution is -2.38. The highest BCUT2D eigenvalue weighted by molar-refractivity contribution is 5.67. The molecule has 2 aromatic heterocycles. The van der Waals surface area contributed by atoms with E-state index in [0.717, 1.165) is 25.5 Å². The summed E-state index contributed by atoms with van der Waals surface area (Å²) in [6.45, 7) is 3.70. The van der Waals surface area contributed by atoms with Crippen LogP contribution in [-0.4, -0.2) is 67.5 Å². The molecular formula is C20H25F3N6O2. The van der Waals surface area contributed by atoms with E-state index in [9.17, 15) is 13.2 Å². The molecule has 2 aromatic rings. The topological polar surface area (TPSA) is 84.4 Å². The van der Waals surface area contributed by atoms with Crippen LogP contribution in [0.4, 0.5) is 24.9 Å². The van der Waals surface area contributed by atoms with Gasteiger partial charge in [-0.1, -0.05) is 0 Å². The van der Waals surface area contributed by atoms with E-state index in [2.05, 4.69) is 25.6 Å². The Kier molecular flexibility index (Phi) is 6.42. The van der Waals surface area contributed by atoms with Crippen molar-refractivity contribution in [2.45, 2.75) is 25.1 Å². The first kappa shape index (κ1) is 21.6. The molecule has 11 heteroatoms. The Hall–Kier alpha value is -2.66. The fourth-order valence-corrected chi connectivity index (χ4v) is 3.64. The maximum atomic E-state index is 13.8. The quantitative estimate of drug-likeness (QED) is 0.737. The Morgan fingerprint density at radius 2 is 2.03 bits per heavy atom. The van der Waals surface area contributed by atoms with E-state index < -0.39 is 11.7 Å². The number of nitrogens with one attached hydrogen (secondary N) is 2. The molecule has 168 valence electrons. The minimum atomic E-state index is -4.57. The average Bonchev–Trinajstić information content (AvgIpc) is 2.79. The number of hydrogen-bond donors (Lipinski definition) is 2. The SMILES string of the molecule is CNc1cc(C(F)(F)F)c(-c2cc(O[C@@H]3CCCNC3)nc(N3CCOCC3)n2)cn1. The second kappa shape index (κ2) is 9.23. The van der Waals surface area contributed by atoms with E-state index in [4.69, 9.17) is 9.47 Å². The number of alkyl halides is 3. The van der Waals surface area contributed by atoms with Crippen LogP contribution in [0.3, 0.4) is 0 Å². The Labute approximate surface area is 178 Å². The molecule has 0 bridgehead atoms. The molecule has 0 saturated carbocycles. The zero-order valence-corrected chi connectivity index (χ0v) is 17.2. The van der Waals surface area contributed by atoms with Gasteiger partial charge in [-0.3, -0.25) is 0 Å². The van der Waals surface area contributed by atoms with Gasteiger partial charge in [0.05, 0.1) is 24.5 Å². The molecule has 2 aliphatic rings. The molecule has 0 aromatic carbocycles. The summed E-state index contributed by atoms with van der Waals surface area (Å²) in [6, 6.07) is 2.45. The van der Waals surface area contributed by atoms with Crippen LogP contribution in [-0.2, 0) is 10.9 Å². The van der Waals surface area contributed by atoms with Gasteiger partial charge >= 0.3 is 6.18 Å². The minimum Gasteiger partial charge on any atom is -0.473 e. The summed E-state index contributed by atoms with van der Waals surface area (Å²) in [4.78, 5) is 14.9. The Balaban J connectivity index is 1.76. The van der Waals surface area contributed by atoms with Crippen molar-refractivity contribution < 1.29 is 22.6 Å². The fourth-order valence-electron chi connectivity index (χ4n) is 3.64. The number of ether oxygens (including phenoxy) is 2. The molecule has 0 radical (unpaired) electrons. The number of halogens is 3. The standard InChI is InChI=1S/C20H25F3N6O2/c1-24-17-9-15(20(21,22)23)14(12-26-17)16-10-18(31-13-3-2-4-25-11-13)28-19(27-16)29-5-7-30-8-6-29/h9-10,12-13,25H,2-8,11H2,1H3,(H,24,26)/t13-/m1/s1. The van der Waals surface area contributed by atoms with Crippen molar-refractivity contribution in [1.29, 1.82) is 0 Å². The summed E-state index contributed by atoms with van der Waals surface area (Å²) in [6.07, 6.45) is -1.66. The molecule has 4 heterocycles. The Morgan fingerprint density at radius 3 is 2.71 bits per heavy atom. The van der Waals surface area contributed by atoms with Crippen molar-refractivity contribution in [3.8, 4) is 17.1 Å². The van der Waals surface area contributed by atoms with Crippen molar-refractivity contribution in [3.63, 3.8) is 0 Å². The zero-order valence-electron chi connectivity index (χ0n) is 17.2. The van der Waals surface area contributed by atoms with Gasteiger partial charge in [0.1, 0.15) is 11.9 Å². The molecule has 0 unspecified atom stereocenters. The number of pyridine rings is 1. The predicted molar refractivity (Wildman–Crippen MR) is 109 cm³/mol. The minimum absolute atomic E-state index is 0.0964. The first-order chi connectivity index (χ1) is 14.9. The summed E-state index contributed by atoms with van der Waals surface area (Å²) < 4.78 is 52.8. The second-order valence-corrected chi connectivity index (χ2v) is 7.44. The highest BCUT2D eigenvalue weighted by atomic mass is 19.4. The van der Waals surface area contributed by atoms with Crippen LogP contribution in [0.1, 0.15) is 18.4 Å². The monoisotopic (exact) mass is 438 g/mol. The third-order valence-electron chi connectivity index (χ3n) is 5.27. The molecule has 4 rings (SSSR count). The van der Waals surface area contributed by atoms with Gasteiger partial charge in [-0.15, -0.1) is 0 Å². The lowest BCUT2D eigenvalue weighted by Gasteiger charge is -2.28. The Bertz CT molecular complexity index is 899. The first-order valence-electron chi connectivity index (χ1n) is 10.3. The van der Waals surface area contributed by atoms with Gasteiger partial charge in [-0.2, -0.15) is 18.2 Å². The lowest BCUT2D eigenvalue weighted by atomic mass is 10.1. The normalized spacial score (nSPS) is 19.9. The third-order valence-corrected chi connectivity index (χ3v) is 5.27. The lowest BCUT2D eigenvalue weighted by molar-refractivity contribution is -0.137. The number of rotatable bonds is 5. The first-order valence-corrected chi connectivity index (χ1v) is 10.3. The molecule has 0 spiro atoms. The number of morpholine rings is 1. The van der Waals surface area contributed by atoms with Gasteiger partial charge in [0.25, 0.3) is 0 Å². The van der Waals surface area contributed by atoms with Gasteiger partial charge in [0.15, 0.2) is 0 Å². The summed E-state index contributed by atoms with van der Waals surface area (Å²) in [5.74, 6) is 0.708. The van der Waals surface area contributed by atoms with Crippen LogP contribution in [0.5, 0.6) is 5.88 Å². The van der Waals surface area contributed by atoms with Gasteiger partial charge in [0, 0.05) is 44.5 Å². The van der Waals surface area contributed by atoms with E-state index in [-0.39, 0.29) is 29.1 Å². The van der Waals surface area contributed by atoms with Gasteiger partial charge < -0.3 is 25.0 Å². The molecule has 2 fully saturated rings. The van der Waals surface area contributed by atoms with E-state index in [1.54, 1.807) is 0 Å². The molecule has 0 aliphatic carbocycles. The van der Waals surface area contributed by atoms with Crippen LogP contribution < -0.4 is 20.3 Å². The zero-order chi connectivity index (χ0) is 21.8. The highest BCUT2D eigenvalue weighted by Crippen LogP contribution is 2.38. The van der Waals surface area contributed by atoms with E-state index in [0.29, 0.717) is 38.8 Å². The number of nitrogens with zero attached hydrogens (tertiary/aromatic N) is 4. The van der Waals surface area contributed by atoms with Crippen LogP contribution in [0, 0.1) is 0 Å². The number of piperidine rings is 1. The maximum Gasteiger partial charge on any atom is 0.417 e. The van der Waals surface area contributed by atoms with Crippen LogP contribution in [0.25, 0.3) is 11.3 Å². The largest absolute Gasteiger partial charge is 0.473 e. The summed E-state index contributed by atoms with van der Waals surface area (Å²) in [5, 5.41) is 5.91. The van der Waals surface area contributed by atoms with Gasteiger partial charge in [-0.25, -0.2) is 9.97 Å². The van der Waals surface area contributed by atoms with Crippen molar-refractivity contribution >= 4 is 11.8 Å². The fraction of sp³-hybridized carbons (Fsp3) is 0.550. The molecule has 2 aliphatic heterocycles.